The van der Waals surface area contributed by atoms with Crippen LogP contribution in [0.3, 0.4) is 0 Å². The molecule has 0 bridgehead atoms. The molecule has 0 radical (unpaired) electrons. The molecular weight excluding hydrogens is 398 g/mol. The molecule has 29 heavy (non-hydrogen) atoms. The lowest BCUT2D eigenvalue weighted by Crippen LogP contribution is -2.38. The van der Waals surface area contributed by atoms with E-state index in [2.05, 4.69) is 44.7 Å². The summed E-state index contributed by atoms with van der Waals surface area (Å²) in [6.45, 7) is 11.9. The number of likely N-dealkylation sites (N-methyl/N-ethyl adjacent to an activating group) is 1. The number of aryl methyl sites for hydroxylation is 2. The van der Waals surface area contributed by atoms with Gasteiger partial charge in [0.05, 0.1) is 10.2 Å². The van der Waals surface area contributed by atoms with Gasteiger partial charge in [0.25, 0.3) is 5.91 Å². The van der Waals surface area contributed by atoms with Crippen molar-refractivity contribution in [2.24, 2.45) is 0 Å². The predicted octanol–water partition coefficient (Wildman–Crippen LogP) is 5.62. The molecule has 4 nitrogen and oxygen atoms in total. The zero-order chi connectivity index (χ0) is 21.0. The highest BCUT2D eigenvalue weighted by Gasteiger charge is 2.22. The Hall–Kier alpha value is -1.89. The SMILES string of the molecule is CCN(CC)CCN(C(=O)c1ccc(SC)cc1)c1nc2c(C)c(C)ccc2s1. The lowest BCUT2D eigenvalue weighted by atomic mass is 10.1. The number of fused-ring (bicyclic) bond motifs is 1. The van der Waals surface area contributed by atoms with Gasteiger partial charge >= 0.3 is 0 Å². The van der Waals surface area contributed by atoms with Crippen molar-refractivity contribution < 1.29 is 4.79 Å². The van der Waals surface area contributed by atoms with Crippen LogP contribution in [-0.2, 0) is 0 Å². The van der Waals surface area contributed by atoms with Crippen molar-refractivity contribution >= 4 is 44.4 Å². The Morgan fingerprint density at radius 2 is 1.72 bits per heavy atom. The van der Waals surface area contributed by atoms with E-state index in [0.29, 0.717) is 12.1 Å². The number of nitrogens with zero attached hydrogens (tertiary/aromatic N) is 3. The summed E-state index contributed by atoms with van der Waals surface area (Å²) in [7, 11) is 0. The molecule has 0 N–H and O–H groups in total. The first-order valence-electron chi connectivity index (χ1n) is 10.0. The summed E-state index contributed by atoms with van der Waals surface area (Å²) in [6, 6.07) is 12.1. The van der Waals surface area contributed by atoms with Gasteiger partial charge in [0.1, 0.15) is 0 Å². The van der Waals surface area contributed by atoms with Crippen LogP contribution in [0.5, 0.6) is 0 Å². The zero-order valence-electron chi connectivity index (χ0n) is 17.9. The molecule has 0 aliphatic carbocycles. The maximum Gasteiger partial charge on any atom is 0.260 e. The molecule has 3 aromatic rings. The lowest BCUT2D eigenvalue weighted by molar-refractivity contribution is 0.0983. The smallest absolute Gasteiger partial charge is 0.260 e. The number of benzene rings is 2. The molecular formula is C23H29N3OS2. The standard InChI is InChI=1S/C23H29N3OS2/c1-6-25(7-2)14-15-26(22(27)18-9-11-19(28-5)12-10-18)23-24-21-17(4)16(3)8-13-20(21)29-23/h8-13H,6-7,14-15H2,1-5H3. The Bertz CT molecular complexity index is 978. The van der Waals surface area contributed by atoms with Crippen molar-refractivity contribution in [2.75, 3.05) is 37.3 Å². The van der Waals surface area contributed by atoms with Crippen LogP contribution in [0, 0.1) is 13.8 Å². The van der Waals surface area contributed by atoms with E-state index in [9.17, 15) is 4.79 Å². The fraction of sp³-hybridized carbons (Fsp3) is 0.391. The Morgan fingerprint density at radius 1 is 1.03 bits per heavy atom. The molecule has 0 fully saturated rings. The number of rotatable bonds is 8. The molecule has 0 aliphatic rings. The normalized spacial score (nSPS) is 11.4. The fourth-order valence-electron chi connectivity index (χ4n) is 3.28. The second kappa shape index (κ2) is 9.74. The Morgan fingerprint density at radius 3 is 2.34 bits per heavy atom. The first-order chi connectivity index (χ1) is 14.0. The fourth-order valence-corrected chi connectivity index (χ4v) is 4.74. The van der Waals surface area contributed by atoms with Crippen LogP contribution in [-0.4, -0.2) is 48.2 Å². The summed E-state index contributed by atoms with van der Waals surface area (Å²) >= 11 is 3.28. The maximum absolute atomic E-state index is 13.4. The van der Waals surface area contributed by atoms with E-state index < -0.39 is 0 Å². The van der Waals surface area contributed by atoms with Gasteiger partial charge in [0.2, 0.25) is 0 Å². The van der Waals surface area contributed by atoms with Gasteiger partial charge in [-0.15, -0.1) is 11.8 Å². The number of hydrogen-bond acceptors (Lipinski definition) is 5. The Labute approximate surface area is 181 Å². The first-order valence-corrected chi connectivity index (χ1v) is 12.1. The van der Waals surface area contributed by atoms with Gasteiger partial charge in [0.15, 0.2) is 5.13 Å². The average Bonchev–Trinajstić information content (AvgIpc) is 3.18. The molecule has 1 heterocycles. The predicted molar refractivity (Wildman–Crippen MR) is 127 cm³/mol. The van der Waals surface area contributed by atoms with Crippen LogP contribution in [0.4, 0.5) is 5.13 Å². The van der Waals surface area contributed by atoms with Crippen LogP contribution < -0.4 is 4.90 Å². The van der Waals surface area contributed by atoms with Crippen LogP contribution >= 0.6 is 23.1 Å². The van der Waals surface area contributed by atoms with Crippen LogP contribution in [0.2, 0.25) is 0 Å². The van der Waals surface area contributed by atoms with Gasteiger partial charge in [-0.05, 0) is 74.7 Å². The van der Waals surface area contributed by atoms with Crippen LogP contribution in [0.25, 0.3) is 10.2 Å². The minimum absolute atomic E-state index is 0.0123. The van der Waals surface area contributed by atoms with Crippen LogP contribution in [0.1, 0.15) is 35.3 Å². The monoisotopic (exact) mass is 427 g/mol. The van der Waals surface area contributed by atoms with E-state index in [0.717, 1.165) is 39.9 Å². The van der Waals surface area contributed by atoms with Crippen molar-refractivity contribution in [3.8, 4) is 0 Å². The average molecular weight is 428 g/mol. The number of carbonyl (C=O) groups excluding carboxylic acids is 1. The Kier molecular flexibility index (Phi) is 7.33. The number of thiazole rings is 1. The minimum atomic E-state index is 0.0123. The number of anilines is 1. The second-order valence-corrected chi connectivity index (χ2v) is 8.95. The van der Waals surface area contributed by atoms with Gasteiger partial charge < -0.3 is 4.90 Å². The van der Waals surface area contributed by atoms with Crippen molar-refractivity contribution in [3.63, 3.8) is 0 Å². The van der Waals surface area contributed by atoms with Gasteiger partial charge in [0, 0.05) is 23.5 Å². The molecule has 0 aliphatic heterocycles. The lowest BCUT2D eigenvalue weighted by Gasteiger charge is -2.24. The molecule has 2 aromatic carbocycles. The highest BCUT2D eigenvalue weighted by atomic mass is 32.2. The molecule has 1 amide bonds. The van der Waals surface area contributed by atoms with E-state index in [1.165, 1.54) is 11.1 Å². The maximum atomic E-state index is 13.4. The van der Waals surface area contributed by atoms with Crippen molar-refractivity contribution in [1.82, 2.24) is 9.88 Å². The number of carbonyl (C=O) groups is 1. The van der Waals surface area contributed by atoms with Crippen molar-refractivity contribution in [2.45, 2.75) is 32.6 Å². The summed E-state index contributed by atoms with van der Waals surface area (Å²) in [4.78, 5) is 23.7. The number of aromatic nitrogens is 1. The van der Waals surface area contributed by atoms with E-state index in [-0.39, 0.29) is 5.91 Å². The molecule has 0 unspecified atom stereocenters. The molecule has 0 saturated carbocycles. The molecule has 0 spiro atoms. The molecule has 6 heteroatoms. The zero-order valence-corrected chi connectivity index (χ0v) is 19.5. The third-order valence-corrected chi connectivity index (χ3v) is 7.21. The highest BCUT2D eigenvalue weighted by Crippen LogP contribution is 2.32. The molecule has 3 rings (SSSR count). The highest BCUT2D eigenvalue weighted by molar-refractivity contribution is 7.98. The third kappa shape index (κ3) is 4.82. The first kappa shape index (κ1) is 21.8. The number of thioether (sulfide) groups is 1. The summed E-state index contributed by atoms with van der Waals surface area (Å²) in [5, 5.41) is 0.778. The Balaban J connectivity index is 1.97. The van der Waals surface area contributed by atoms with Crippen LogP contribution in [0.15, 0.2) is 41.3 Å². The van der Waals surface area contributed by atoms with Crippen molar-refractivity contribution in [3.05, 3.63) is 53.1 Å². The van der Waals surface area contributed by atoms with Gasteiger partial charge in [-0.1, -0.05) is 31.3 Å². The van der Waals surface area contributed by atoms with Gasteiger partial charge in [-0.25, -0.2) is 4.98 Å². The largest absolute Gasteiger partial charge is 0.302 e. The third-order valence-electron chi connectivity index (χ3n) is 5.42. The quantitative estimate of drug-likeness (QED) is 0.437. The summed E-state index contributed by atoms with van der Waals surface area (Å²) in [5.41, 5.74) is 4.12. The number of hydrogen-bond donors (Lipinski definition) is 0. The van der Waals surface area contributed by atoms with E-state index >= 15 is 0 Å². The molecule has 154 valence electrons. The number of amides is 1. The summed E-state index contributed by atoms with van der Waals surface area (Å²) in [6.07, 6.45) is 2.04. The van der Waals surface area contributed by atoms with E-state index in [4.69, 9.17) is 4.98 Å². The van der Waals surface area contributed by atoms with Gasteiger partial charge in [-0.3, -0.25) is 9.69 Å². The second-order valence-electron chi connectivity index (χ2n) is 7.06. The summed E-state index contributed by atoms with van der Waals surface area (Å²) < 4.78 is 1.13. The molecule has 1 aromatic heterocycles. The topological polar surface area (TPSA) is 36.4 Å². The minimum Gasteiger partial charge on any atom is -0.302 e. The van der Waals surface area contributed by atoms with E-state index in [1.54, 1.807) is 23.1 Å². The van der Waals surface area contributed by atoms with Gasteiger partial charge in [-0.2, -0.15) is 0 Å². The van der Waals surface area contributed by atoms with Crippen molar-refractivity contribution in [1.29, 1.82) is 0 Å². The van der Waals surface area contributed by atoms with E-state index in [1.807, 2.05) is 35.4 Å². The molecule has 0 atom stereocenters. The molecule has 0 saturated heterocycles. The summed E-state index contributed by atoms with van der Waals surface area (Å²) in [5.74, 6) is 0.0123.